The molecule has 1 aliphatic rings. The molecule has 1 fully saturated rings. The Hall–Kier alpha value is -1.57. The molecule has 2 N–H and O–H groups in total. The molecule has 4 nitrogen and oxygen atoms in total. The Labute approximate surface area is 95.2 Å². The highest BCUT2D eigenvalue weighted by molar-refractivity contribution is 5.48. The molecule has 0 aliphatic carbocycles. The molecular weight excluding hydrogens is 202 g/mol. The largest absolute Gasteiger partial charge is 0.378 e. The van der Waals surface area contributed by atoms with Crippen LogP contribution in [-0.2, 0) is 4.74 Å². The summed E-state index contributed by atoms with van der Waals surface area (Å²) in [6, 6.07) is 9.86. The van der Waals surface area contributed by atoms with Crippen molar-refractivity contribution < 1.29 is 4.74 Å². The number of rotatable bonds is 3. The van der Waals surface area contributed by atoms with E-state index in [0.717, 1.165) is 18.8 Å². The van der Waals surface area contributed by atoms with E-state index < -0.39 is 0 Å². The van der Waals surface area contributed by atoms with E-state index in [1.54, 1.807) is 7.11 Å². The normalized spacial score (nSPS) is 24.0. The van der Waals surface area contributed by atoms with Gasteiger partial charge in [0.05, 0.1) is 23.8 Å². The number of hydrogen-bond donors (Lipinski definition) is 2. The van der Waals surface area contributed by atoms with Crippen molar-refractivity contribution >= 4 is 5.69 Å². The van der Waals surface area contributed by atoms with Crippen molar-refractivity contribution in [3.8, 4) is 6.07 Å². The number of ether oxygens (including phenoxy) is 1. The van der Waals surface area contributed by atoms with Crippen LogP contribution in [0.15, 0.2) is 24.3 Å². The van der Waals surface area contributed by atoms with E-state index in [1.165, 1.54) is 0 Å². The summed E-state index contributed by atoms with van der Waals surface area (Å²) in [4.78, 5) is 0. The monoisotopic (exact) mass is 217 g/mol. The number of benzene rings is 1. The summed E-state index contributed by atoms with van der Waals surface area (Å²) in [7, 11) is 1.73. The molecule has 4 heteroatoms. The first kappa shape index (κ1) is 10.9. The minimum atomic E-state index is 0.204. The van der Waals surface area contributed by atoms with Gasteiger partial charge in [-0.3, -0.25) is 0 Å². The van der Waals surface area contributed by atoms with Gasteiger partial charge in [-0.25, -0.2) is 0 Å². The molecule has 0 amide bonds. The van der Waals surface area contributed by atoms with Crippen molar-refractivity contribution in [2.45, 2.75) is 12.1 Å². The van der Waals surface area contributed by atoms with Gasteiger partial charge in [0.15, 0.2) is 0 Å². The molecule has 0 saturated carbocycles. The zero-order chi connectivity index (χ0) is 11.4. The summed E-state index contributed by atoms with van der Waals surface area (Å²) >= 11 is 0. The van der Waals surface area contributed by atoms with E-state index in [1.807, 2.05) is 24.3 Å². The number of hydrogen-bond acceptors (Lipinski definition) is 4. The Bertz CT molecular complexity index is 382. The van der Waals surface area contributed by atoms with Crippen molar-refractivity contribution in [2.24, 2.45) is 0 Å². The molecule has 1 aliphatic heterocycles. The number of anilines is 1. The first-order valence-corrected chi connectivity index (χ1v) is 5.33. The van der Waals surface area contributed by atoms with Gasteiger partial charge in [-0.2, -0.15) is 5.26 Å². The SMILES string of the molecule is CO[C@H]1CNCC1Nc1ccc(C#N)cc1. The average molecular weight is 217 g/mol. The van der Waals surface area contributed by atoms with Gasteiger partial charge in [0.2, 0.25) is 0 Å². The Morgan fingerprint density at radius 2 is 2.12 bits per heavy atom. The smallest absolute Gasteiger partial charge is 0.0991 e. The zero-order valence-corrected chi connectivity index (χ0v) is 9.23. The average Bonchev–Trinajstić information content (AvgIpc) is 2.77. The molecule has 2 rings (SSSR count). The lowest BCUT2D eigenvalue weighted by Crippen LogP contribution is -2.33. The third kappa shape index (κ3) is 2.32. The molecule has 1 aromatic carbocycles. The van der Waals surface area contributed by atoms with Crippen LogP contribution < -0.4 is 10.6 Å². The Kier molecular flexibility index (Phi) is 3.40. The molecular formula is C12H15N3O. The first-order chi connectivity index (χ1) is 7.83. The maximum absolute atomic E-state index is 8.69. The topological polar surface area (TPSA) is 57.1 Å². The maximum Gasteiger partial charge on any atom is 0.0991 e. The lowest BCUT2D eigenvalue weighted by molar-refractivity contribution is 0.112. The van der Waals surface area contributed by atoms with Crippen LogP contribution in [0.3, 0.4) is 0 Å². The number of methoxy groups -OCH3 is 1. The fourth-order valence-electron chi connectivity index (χ4n) is 1.90. The lowest BCUT2D eigenvalue weighted by atomic mass is 10.1. The maximum atomic E-state index is 8.69. The molecule has 1 saturated heterocycles. The van der Waals surface area contributed by atoms with Gasteiger partial charge >= 0.3 is 0 Å². The van der Waals surface area contributed by atoms with Crippen molar-refractivity contribution in [3.63, 3.8) is 0 Å². The minimum absolute atomic E-state index is 0.204. The van der Waals surface area contributed by atoms with Crippen LogP contribution in [0.2, 0.25) is 0 Å². The molecule has 84 valence electrons. The van der Waals surface area contributed by atoms with Gasteiger partial charge in [0.1, 0.15) is 0 Å². The van der Waals surface area contributed by atoms with Crippen LogP contribution in [0.5, 0.6) is 0 Å². The van der Waals surface area contributed by atoms with E-state index >= 15 is 0 Å². The fourth-order valence-corrected chi connectivity index (χ4v) is 1.90. The highest BCUT2D eigenvalue weighted by Crippen LogP contribution is 2.14. The van der Waals surface area contributed by atoms with Crippen LogP contribution >= 0.6 is 0 Å². The van der Waals surface area contributed by atoms with E-state index in [0.29, 0.717) is 5.56 Å². The lowest BCUT2D eigenvalue weighted by Gasteiger charge is -2.19. The standard InChI is InChI=1S/C12H15N3O/c1-16-12-8-14-7-11(12)15-10-4-2-9(6-13)3-5-10/h2-5,11-12,14-15H,7-8H2,1H3/t11?,12-/m0/s1. The molecule has 16 heavy (non-hydrogen) atoms. The summed E-state index contributed by atoms with van der Waals surface area (Å²) in [6.07, 6.45) is 0.204. The first-order valence-electron chi connectivity index (χ1n) is 5.33. The van der Waals surface area contributed by atoms with Crippen LogP contribution in [0.1, 0.15) is 5.56 Å². The van der Waals surface area contributed by atoms with Crippen molar-refractivity contribution in [1.29, 1.82) is 5.26 Å². The Morgan fingerprint density at radius 3 is 2.75 bits per heavy atom. The number of nitrogens with one attached hydrogen (secondary N) is 2. The molecule has 0 bridgehead atoms. The van der Waals surface area contributed by atoms with Gasteiger partial charge in [-0.15, -0.1) is 0 Å². The van der Waals surface area contributed by atoms with Crippen molar-refractivity contribution in [3.05, 3.63) is 29.8 Å². The van der Waals surface area contributed by atoms with Gasteiger partial charge in [-0.1, -0.05) is 0 Å². The summed E-state index contributed by atoms with van der Waals surface area (Å²) < 4.78 is 5.36. The zero-order valence-electron chi connectivity index (χ0n) is 9.23. The summed E-state index contributed by atoms with van der Waals surface area (Å²) in [6.45, 7) is 1.78. The van der Waals surface area contributed by atoms with E-state index in [-0.39, 0.29) is 12.1 Å². The van der Waals surface area contributed by atoms with E-state index in [4.69, 9.17) is 10.00 Å². The van der Waals surface area contributed by atoms with Gasteiger partial charge in [0, 0.05) is 25.9 Å². The highest BCUT2D eigenvalue weighted by atomic mass is 16.5. The van der Waals surface area contributed by atoms with E-state index in [2.05, 4.69) is 16.7 Å². The molecule has 1 unspecified atom stereocenters. The Balaban J connectivity index is 2.00. The Morgan fingerprint density at radius 1 is 1.38 bits per heavy atom. The van der Waals surface area contributed by atoms with Crippen LogP contribution in [0, 0.1) is 11.3 Å². The summed E-state index contributed by atoms with van der Waals surface area (Å²) in [5.74, 6) is 0. The number of nitrogens with zero attached hydrogens (tertiary/aromatic N) is 1. The second-order valence-corrected chi connectivity index (χ2v) is 3.87. The second kappa shape index (κ2) is 4.97. The minimum Gasteiger partial charge on any atom is -0.378 e. The molecule has 2 atom stereocenters. The van der Waals surface area contributed by atoms with Gasteiger partial charge < -0.3 is 15.4 Å². The second-order valence-electron chi connectivity index (χ2n) is 3.87. The predicted octanol–water partition coefficient (Wildman–Crippen LogP) is 0.957. The van der Waals surface area contributed by atoms with Crippen LogP contribution in [0.4, 0.5) is 5.69 Å². The third-order valence-corrected chi connectivity index (χ3v) is 2.83. The molecule has 0 aromatic heterocycles. The van der Waals surface area contributed by atoms with Gasteiger partial charge in [0.25, 0.3) is 0 Å². The quantitative estimate of drug-likeness (QED) is 0.791. The van der Waals surface area contributed by atoms with E-state index in [9.17, 15) is 0 Å². The highest BCUT2D eigenvalue weighted by Gasteiger charge is 2.26. The molecule has 1 aromatic rings. The number of nitriles is 1. The summed E-state index contributed by atoms with van der Waals surface area (Å²) in [5, 5.41) is 15.4. The summed E-state index contributed by atoms with van der Waals surface area (Å²) in [5.41, 5.74) is 1.70. The predicted molar refractivity (Wildman–Crippen MR) is 62.2 cm³/mol. The van der Waals surface area contributed by atoms with Crippen molar-refractivity contribution in [1.82, 2.24) is 5.32 Å². The van der Waals surface area contributed by atoms with Crippen LogP contribution in [0.25, 0.3) is 0 Å². The van der Waals surface area contributed by atoms with Crippen LogP contribution in [-0.4, -0.2) is 32.3 Å². The molecule has 0 radical (unpaired) electrons. The van der Waals surface area contributed by atoms with Gasteiger partial charge in [-0.05, 0) is 24.3 Å². The third-order valence-electron chi connectivity index (χ3n) is 2.83. The fraction of sp³-hybridized carbons (Fsp3) is 0.417. The molecule has 0 spiro atoms. The molecule has 1 heterocycles. The van der Waals surface area contributed by atoms with Crippen molar-refractivity contribution in [2.75, 3.05) is 25.5 Å².